The average molecular weight is 767 g/mol. The van der Waals surface area contributed by atoms with Gasteiger partial charge in [0.1, 0.15) is 30.3 Å². The van der Waals surface area contributed by atoms with Crippen molar-refractivity contribution in [1.82, 2.24) is 0 Å². The highest BCUT2D eigenvalue weighted by Gasteiger charge is 2.75. The zero-order valence-electron chi connectivity index (χ0n) is 33.8. The van der Waals surface area contributed by atoms with E-state index in [1.807, 2.05) is 68.4 Å². The van der Waals surface area contributed by atoms with Crippen molar-refractivity contribution in [2.24, 2.45) is 34.0 Å². The maximum absolute atomic E-state index is 15.5. The summed E-state index contributed by atoms with van der Waals surface area (Å²) < 4.78 is 11.0. The zero-order chi connectivity index (χ0) is 41.4. The Hall–Kier alpha value is -3.45. The van der Waals surface area contributed by atoms with E-state index in [1.54, 1.807) is 0 Å². The van der Waals surface area contributed by atoms with Crippen molar-refractivity contribution in [2.45, 2.75) is 131 Å². The van der Waals surface area contributed by atoms with Crippen molar-refractivity contribution < 1.29 is 54.5 Å². The van der Waals surface area contributed by atoms with Gasteiger partial charge in [0, 0.05) is 5.56 Å². The number of allylic oxidation sites excluding steroid dienone is 7. The Morgan fingerprint density at radius 2 is 1.56 bits per heavy atom. The highest BCUT2D eigenvalue weighted by atomic mass is 16.7. The Balaban J connectivity index is 1.87. The highest BCUT2D eigenvalue weighted by molar-refractivity contribution is 6.23. The summed E-state index contributed by atoms with van der Waals surface area (Å²) in [4.78, 5) is 45.5. The van der Waals surface area contributed by atoms with E-state index in [1.165, 1.54) is 12.1 Å². The quantitative estimate of drug-likeness (QED) is 0.0791. The third kappa shape index (κ3) is 8.20. The van der Waals surface area contributed by atoms with Gasteiger partial charge in [-0.3, -0.25) is 14.4 Å². The predicted molar refractivity (Wildman–Crippen MR) is 208 cm³/mol. The number of ketones is 3. The lowest BCUT2D eigenvalue weighted by Gasteiger charge is -2.64. The molecule has 2 aliphatic carbocycles. The van der Waals surface area contributed by atoms with Crippen LogP contribution in [0.4, 0.5) is 0 Å². The molecule has 0 amide bonds. The number of benzene rings is 1. The normalized spacial score (nSPS) is 33.3. The Labute approximate surface area is 325 Å². The van der Waals surface area contributed by atoms with Crippen LogP contribution >= 0.6 is 0 Å². The summed E-state index contributed by atoms with van der Waals surface area (Å²) in [5.41, 5.74) is -0.273. The smallest absolute Gasteiger partial charge is 0.229 e. The zero-order valence-corrected chi connectivity index (χ0v) is 33.8. The number of hydrogen-bond donors (Lipinski definition) is 6. The molecule has 1 heterocycles. The molecule has 4 rings (SSSR count). The molecule has 3 aliphatic rings. The number of carbonyl (C=O) groups is 3. The second-order valence-electron chi connectivity index (χ2n) is 17.4. The number of aliphatic hydroxyl groups excluding tert-OH is 5. The van der Waals surface area contributed by atoms with Crippen LogP contribution in [0.5, 0.6) is 11.5 Å². The fourth-order valence-electron chi connectivity index (χ4n) is 8.91. The van der Waals surface area contributed by atoms with Gasteiger partial charge in [-0.25, -0.2) is 0 Å². The molecular weight excluding hydrogens is 704 g/mol. The molecule has 0 radical (unpaired) electrons. The number of carbonyl (C=O) groups excluding carboxylic acids is 3. The number of aliphatic hydroxyl groups is 5. The molecule has 1 saturated heterocycles. The second-order valence-corrected chi connectivity index (χ2v) is 17.4. The van der Waals surface area contributed by atoms with Gasteiger partial charge in [-0.15, -0.1) is 0 Å². The SMILES string of the molecule is C=C(C)[C@H](CC=C(C)C)C[C@]12C[C@H](CC=C(C)C)C(C)(C)[C@](CC=C(C)C)(C(=O)C(C(=O)c3ccc(O[C@@H]4O[C@H](CO)[C@@H](O)[C@H](O)[C@H]4O)c(O)c3)C1O)C2=O. The molecule has 3 fully saturated rings. The number of fused-ring (bicyclic) bond motifs is 2. The van der Waals surface area contributed by atoms with E-state index in [2.05, 4.69) is 18.7 Å². The van der Waals surface area contributed by atoms with Crippen molar-refractivity contribution in [3.05, 3.63) is 70.9 Å². The Morgan fingerprint density at radius 1 is 0.945 bits per heavy atom. The third-order valence-corrected chi connectivity index (χ3v) is 12.5. The number of hydrogen-bond acceptors (Lipinski definition) is 11. The molecule has 2 unspecified atom stereocenters. The van der Waals surface area contributed by atoms with Gasteiger partial charge in [-0.2, -0.15) is 0 Å². The van der Waals surface area contributed by atoms with Crippen molar-refractivity contribution in [2.75, 3.05) is 6.61 Å². The van der Waals surface area contributed by atoms with Gasteiger partial charge in [-0.1, -0.05) is 60.9 Å². The Kier molecular flexibility index (Phi) is 13.6. The summed E-state index contributed by atoms with van der Waals surface area (Å²) in [6.45, 7) is 21.1. The molecule has 1 aliphatic heterocycles. The van der Waals surface area contributed by atoms with E-state index in [-0.39, 0.29) is 48.2 Å². The molecule has 1 aromatic carbocycles. The summed E-state index contributed by atoms with van der Waals surface area (Å²) in [5.74, 6) is -4.65. The molecule has 2 bridgehead atoms. The number of phenolic OH excluding ortho intramolecular Hbond substituents is 1. The molecule has 6 N–H and O–H groups in total. The van der Waals surface area contributed by atoms with Gasteiger partial charge in [0.05, 0.1) is 23.5 Å². The van der Waals surface area contributed by atoms with Crippen LogP contribution in [0.2, 0.25) is 0 Å². The van der Waals surface area contributed by atoms with Gasteiger partial charge in [0.15, 0.2) is 28.8 Å². The van der Waals surface area contributed by atoms with Gasteiger partial charge in [0.25, 0.3) is 0 Å². The summed E-state index contributed by atoms with van der Waals surface area (Å²) in [5, 5.41) is 64.0. The minimum Gasteiger partial charge on any atom is -0.504 e. The van der Waals surface area contributed by atoms with Crippen LogP contribution in [0, 0.1) is 34.0 Å². The number of ether oxygens (including phenoxy) is 2. The van der Waals surface area contributed by atoms with E-state index in [4.69, 9.17) is 9.47 Å². The van der Waals surface area contributed by atoms with Crippen molar-refractivity contribution in [3.63, 3.8) is 0 Å². The topological polar surface area (TPSA) is 191 Å². The molecule has 0 spiro atoms. The minimum atomic E-state index is -1.75. The first-order chi connectivity index (χ1) is 25.6. The van der Waals surface area contributed by atoms with Gasteiger partial charge in [0.2, 0.25) is 6.29 Å². The largest absolute Gasteiger partial charge is 0.504 e. The van der Waals surface area contributed by atoms with Crippen molar-refractivity contribution in [1.29, 1.82) is 0 Å². The van der Waals surface area contributed by atoms with Crippen LogP contribution in [0.15, 0.2) is 65.3 Å². The third-order valence-electron chi connectivity index (χ3n) is 12.5. The van der Waals surface area contributed by atoms with Gasteiger partial charge in [-0.05, 0) is 116 Å². The van der Waals surface area contributed by atoms with Crippen LogP contribution in [0.25, 0.3) is 0 Å². The monoisotopic (exact) mass is 766 g/mol. The van der Waals surface area contributed by atoms with Crippen LogP contribution in [0.3, 0.4) is 0 Å². The molecule has 11 nitrogen and oxygen atoms in total. The summed E-state index contributed by atoms with van der Waals surface area (Å²) in [6.07, 6.45) is -1.90. The molecule has 2 saturated carbocycles. The number of rotatable bonds is 14. The van der Waals surface area contributed by atoms with E-state index < -0.39 is 82.9 Å². The molecule has 0 aromatic heterocycles. The standard InChI is InChI=1S/C44H62O11/c1-23(2)11-13-28(26(7)8)20-43-21-29(15-12-24(3)4)42(9,10)44(41(43)53,18-17-25(5)6)39(52)33(38(43)51)34(47)27-14-16-31(30(46)19-27)54-40-37(50)36(49)35(48)32(22-45)55-40/h11-12,14,16-17,19,28-29,32-33,35-38,40,45-46,48-51H,7,13,15,18,20-22H2,1-6,8-10H3/t28-,29+,32-,33?,35-,36+,37-,38?,40-,43+,44-/m1/s1. The molecule has 1 aromatic rings. The molecule has 11 atom stereocenters. The fraction of sp³-hybridized carbons (Fsp3) is 0.614. The van der Waals surface area contributed by atoms with E-state index >= 15 is 9.59 Å². The van der Waals surface area contributed by atoms with E-state index in [0.717, 1.165) is 28.4 Å². The van der Waals surface area contributed by atoms with Crippen LogP contribution in [-0.4, -0.2) is 91.4 Å². The molecule has 55 heavy (non-hydrogen) atoms. The number of aromatic hydroxyl groups is 1. The first kappa shape index (κ1) is 44.3. The lowest BCUT2D eigenvalue weighted by molar-refractivity contribution is -0.277. The summed E-state index contributed by atoms with van der Waals surface area (Å²) in [6, 6.07) is 3.61. The fourth-order valence-corrected chi connectivity index (χ4v) is 8.91. The molecule has 11 heteroatoms. The van der Waals surface area contributed by atoms with Crippen molar-refractivity contribution in [3.8, 4) is 11.5 Å². The first-order valence-electron chi connectivity index (χ1n) is 19.2. The van der Waals surface area contributed by atoms with Crippen LogP contribution < -0.4 is 4.74 Å². The van der Waals surface area contributed by atoms with Crippen molar-refractivity contribution >= 4 is 17.3 Å². The Bertz CT molecular complexity index is 1720. The highest BCUT2D eigenvalue weighted by Crippen LogP contribution is 2.67. The lowest BCUT2D eigenvalue weighted by Crippen LogP contribution is -2.73. The number of Topliss-reactive ketones (excluding diaryl/α,β-unsaturated/α-hetero) is 3. The predicted octanol–water partition coefficient (Wildman–Crippen LogP) is 5.55. The average Bonchev–Trinajstić information content (AvgIpc) is 3.10. The van der Waals surface area contributed by atoms with Gasteiger partial charge >= 0.3 is 0 Å². The van der Waals surface area contributed by atoms with Crippen LogP contribution in [0.1, 0.15) is 105 Å². The molecule has 304 valence electrons. The van der Waals surface area contributed by atoms with E-state index in [9.17, 15) is 35.4 Å². The Morgan fingerprint density at radius 3 is 2.11 bits per heavy atom. The van der Waals surface area contributed by atoms with Gasteiger partial charge < -0.3 is 40.1 Å². The summed E-state index contributed by atoms with van der Waals surface area (Å²) in [7, 11) is 0. The second kappa shape index (κ2) is 17.0. The minimum absolute atomic E-state index is 0.0619. The van der Waals surface area contributed by atoms with E-state index in [0.29, 0.717) is 12.8 Å². The first-order valence-corrected chi connectivity index (χ1v) is 19.2. The lowest BCUT2D eigenvalue weighted by atomic mass is 9.37. The number of phenols is 1. The molecular formula is C44H62O11. The summed E-state index contributed by atoms with van der Waals surface area (Å²) >= 11 is 0. The maximum Gasteiger partial charge on any atom is 0.229 e. The maximum atomic E-state index is 15.5. The van der Waals surface area contributed by atoms with Crippen LogP contribution in [-0.2, 0) is 14.3 Å².